The fraction of sp³-hybridized carbons (Fsp3) is 0.913. The minimum atomic E-state index is 0.440. The van der Waals surface area contributed by atoms with Gasteiger partial charge in [0.05, 0.1) is 6.10 Å². The average molecular weight is 349 g/mol. The lowest BCUT2D eigenvalue weighted by Crippen LogP contribution is -2.50. The normalized spacial score (nSPS) is 40.1. The standard InChI is InChI=1S/C23H40O2/c1-6-20-19-9-8-17-16-18(25-15-7-14-24-5)10-13-23(17,4)21(19)11-12-22(20,2)3/h8,18-21H,6-7,9-16H2,1-5H3/t18?,19-,20-,21-,23-/m0/s1. The maximum Gasteiger partial charge on any atom is 0.0612 e. The molecule has 0 spiro atoms. The molecule has 25 heavy (non-hydrogen) atoms. The van der Waals surface area contributed by atoms with Gasteiger partial charge in [0, 0.05) is 20.3 Å². The Hall–Kier alpha value is -0.340. The molecule has 2 heteroatoms. The predicted molar refractivity (Wildman–Crippen MR) is 105 cm³/mol. The molecule has 5 atom stereocenters. The van der Waals surface area contributed by atoms with Gasteiger partial charge in [-0.2, -0.15) is 0 Å². The van der Waals surface area contributed by atoms with Crippen LogP contribution < -0.4 is 0 Å². The Kier molecular flexibility index (Phi) is 6.00. The third-order valence-corrected chi connectivity index (χ3v) is 8.04. The van der Waals surface area contributed by atoms with E-state index in [9.17, 15) is 0 Å². The average Bonchev–Trinajstić information content (AvgIpc) is 2.58. The Morgan fingerprint density at radius 1 is 1.12 bits per heavy atom. The molecule has 3 rings (SSSR count). The van der Waals surface area contributed by atoms with Crippen LogP contribution in [0.25, 0.3) is 0 Å². The molecule has 2 nitrogen and oxygen atoms in total. The first-order chi connectivity index (χ1) is 11.9. The van der Waals surface area contributed by atoms with E-state index < -0.39 is 0 Å². The molecule has 144 valence electrons. The van der Waals surface area contributed by atoms with E-state index in [1.54, 1.807) is 12.7 Å². The Bertz CT molecular complexity index is 480. The molecule has 0 saturated heterocycles. The molecule has 3 aliphatic carbocycles. The lowest BCUT2D eigenvalue weighted by Gasteiger charge is -2.58. The highest BCUT2D eigenvalue weighted by Gasteiger charge is 2.53. The van der Waals surface area contributed by atoms with Crippen molar-refractivity contribution in [2.75, 3.05) is 20.3 Å². The van der Waals surface area contributed by atoms with Crippen LogP contribution in [0.4, 0.5) is 0 Å². The molecule has 0 radical (unpaired) electrons. The van der Waals surface area contributed by atoms with E-state index in [0.29, 0.717) is 16.9 Å². The monoisotopic (exact) mass is 348 g/mol. The summed E-state index contributed by atoms with van der Waals surface area (Å²) in [4.78, 5) is 0. The lowest BCUT2D eigenvalue weighted by atomic mass is 9.47. The van der Waals surface area contributed by atoms with E-state index in [2.05, 4.69) is 33.8 Å². The molecule has 0 aromatic carbocycles. The highest BCUT2D eigenvalue weighted by atomic mass is 16.5. The highest BCUT2D eigenvalue weighted by molar-refractivity contribution is 5.24. The van der Waals surface area contributed by atoms with Crippen LogP contribution >= 0.6 is 0 Å². The first-order valence-electron chi connectivity index (χ1n) is 10.7. The van der Waals surface area contributed by atoms with Gasteiger partial charge in [0.25, 0.3) is 0 Å². The molecule has 0 heterocycles. The Labute approximate surface area is 155 Å². The molecule has 0 amide bonds. The van der Waals surface area contributed by atoms with Crippen molar-refractivity contribution in [3.8, 4) is 0 Å². The molecule has 0 aromatic rings. The summed E-state index contributed by atoms with van der Waals surface area (Å²) in [6.45, 7) is 11.7. The summed E-state index contributed by atoms with van der Waals surface area (Å²) in [5.74, 6) is 2.70. The Balaban J connectivity index is 1.69. The predicted octanol–water partition coefficient (Wildman–Crippen LogP) is 6.01. The molecule has 0 aromatic heterocycles. The molecule has 1 unspecified atom stereocenters. The van der Waals surface area contributed by atoms with Crippen LogP contribution in [0.5, 0.6) is 0 Å². The smallest absolute Gasteiger partial charge is 0.0612 e. The van der Waals surface area contributed by atoms with E-state index in [-0.39, 0.29) is 0 Å². The second-order valence-corrected chi connectivity index (χ2v) is 9.78. The van der Waals surface area contributed by atoms with Gasteiger partial charge in [0.15, 0.2) is 0 Å². The number of fused-ring (bicyclic) bond motifs is 3. The molecule has 3 aliphatic rings. The molecule has 0 bridgehead atoms. The zero-order valence-electron chi connectivity index (χ0n) is 17.3. The first kappa shape index (κ1) is 19.4. The minimum absolute atomic E-state index is 0.440. The summed E-state index contributed by atoms with van der Waals surface area (Å²) in [5, 5.41) is 0. The summed E-state index contributed by atoms with van der Waals surface area (Å²) in [6, 6.07) is 0. The number of methoxy groups -OCH3 is 1. The third kappa shape index (κ3) is 3.72. The van der Waals surface area contributed by atoms with Crippen molar-refractivity contribution in [3.05, 3.63) is 11.6 Å². The zero-order valence-corrected chi connectivity index (χ0v) is 17.3. The quantitative estimate of drug-likeness (QED) is 0.432. The van der Waals surface area contributed by atoms with E-state index in [1.807, 2.05) is 0 Å². The summed E-state index contributed by atoms with van der Waals surface area (Å²) < 4.78 is 11.3. The van der Waals surface area contributed by atoms with Gasteiger partial charge in [-0.3, -0.25) is 0 Å². The van der Waals surface area contributed by atoms with Gasteiger partial charge < -0.3 is 9.47 Å². The molecule has 0 aliphatic heterocycles. The summed E-state index contributed by atoms with van der Waals surface area (Å²) in [5.41, 5.74) is 2.70. The lowest BCUT2D eigenvalue weighted by molar-refractivity contribution is -0.0549. The maximum atomic E-state index is 6.17. The van der Waals surface area contributed by atoms with Gasteiger partial charge in [-0.05, 0) is 73.5 Å². The van der Waals surface area contributed by atoms with E-state index in [0.717, 1.165) is 37.4 Å². The van der Waals surface area contributed by atoms with Crippen molar-refractivity contribution in [2.24, 2.45) is 28.6 Å². The van der Waals surface area contributed by atoms with E-state index in [4.69, 9.17) is 9.47 Å². The van der Waals surface area contributed by atoms with Gasteiger partial charge >= 0.3 is 0 Å². The van der Waals surface area contributed by atoms with Crippen molar-refractivity contribution in [2.45, 2.75) is 85.2 Å². The minimum Gasteiger partial charge on any atom is -0.385 e. The molecule has 0 N–H and O–H groups in total. The highest BCUT2D eigenvalue weighted by Crippen LogP contribution is 2.61. The van der Waals surface area contributed by atoms with Crippen LogP contribution in [-0.4, -0.2) is 26.4 Å². The number of ether oxygens (including phenoxy) is 2. The molecular formula is C23H40O2. The van der Waals surface area contributed by atoms with Gasteiger partial charge in [-0.1, -0.05) is 45.8 Å². The van der Waals surface area contributed by atoms with Crippen LogP contribution in [0.15, 0.2) is 11.6 Å². The second kappa shape index (κ2) is 7.72. The van der Waals surface area contributed by atoms with Crippen LogP contribution in [0.3, 0.4) is 0 Å². The number of hydrogen-bond acceptors (Lipinski definition) is 2. The second-order valence-electron chi connectivity index (χ2n) is 9.78. The van der Waals surface area contributed by atoms with E-state index >= 15 is 0 Å². The summed E-state index contributed by atoms with van der Waals surface area (Å²) >= 11 is 0. The van der Waals surface area contributed by atoms with Crippen molar-refractivity contribution < 1.29 is 9.47 Å². The Morgan fingerprint density at radius 2 is 1.92 bits per heavy atom. The molecular weight excluding hydrogens is 308 g/mol. The van der Waals surface area contributed by atoms with Crippen molar-refractivity contribution in [1.29, 1.82) is 0 Å². The third-order valence-electron chi connectivity index (χ3n) is 8.04. The zero-order chi connectivity index (χ0) is 18.1. The van der Waals surface area contributed by atoms with Crippen LogP contribution in [0, 0.1) is 28.6 Å². The number of hydrogen-bond donors (Lipinski definition) is 0. The van der Waals surface area contributed by atoms with E-state index in [1.165, 1.54) is 44.9 Å². The number of allylic oxidation sites excluding steroid dienone is 1. The van der Waals surface area contributed by atoms with Gasteiger partial charge in [0.2, 0.25) is 0 Å². The van der Waals surface area contributed by atoms with Crippen molar-refractivity contribution in [1.82, 2.24) is 0 Å². The fourth-order valence-electron chi connectivity index (χ4n) is 6.58. The summed E-state index contributed by atoms with van der Waals surface area (Å²) in [6.07, 6.45) is 13.3. The first-order valence-corrected chi connectivity index (χ1v) is 10.7. The van der Waals surface area contributed by atoms with Crippen LogP contribution in [0.2, 0.25) is 0 Å². The van der Waals surface area contributed by atoms with Gasteiger partial charge in [-0.15, -0.1) is 0 Å². The van der Waals surface area contributed by atoms with Crippen LogP contribution in [0.1, 0.15) is 79.1 Å². The van der Waals surface area contributed by atoms with Crippen molar-refractivity contribution in [3.63, 3.8) is 0 Å². The maximum absolute atomic E-state index is 6.17. The number of rotatable bonds is 6. The van der Waals surface area contributed by atoms with Gasteiger partial charge in [0.1, 0.15) is 0 Å². The topological polar surface area (TPSA) is 18.5 Å². The van der Waals surface area contributed by atoms with Crippen LogP contribution in [-0.2, 0) is 9.47 Å². The largest absolute Gasteiger partial charge is 0.385 e. The fourth-order valence-corrected chi connectivity index (χ4v) is 6.58. The summed E-state index contributed by atoms with van der Waals surface area (Å²) in [7, 11) is 1.77. The van der Waals surface area contributed by atoms with Crippen molar-refractivity contribution >= 4 is 0 Å². The SMILES string of the molecule is CC[C@H]1[C@@H]2CC=C3CC(OCCCOC)CC[C@]3(C)[C@H]2CCC1(C)C. The molecule has 2 saturated carbocycles. The van der Waals surface area contributed by atoms with Gasteiger partial charge in [-0.25, -0.2) is 0 Å². The Morgan fingerprint density at radius 3 is 2.64 bits per heavy atom. The molecule has 2 fully saturated rings.